The van der Waals surface area contributed by atoms with Gasteiger partial charge in [-0.1, -0.05) is 0 Å². The second-order valence-corrected chi connectivity index (χ2v) is 2.21. The summed E-state index contributed by atoms with van der Waals surface area (Å²) in [5.74, 6) is 0. The van der Waals surface area contributed by atoms with Crippen molar-refractivity contribution >= 4 is 18.1 Å². The maximum absolute atomic E-state index is 5.62. The monoisotopic (exact) mass is 161 g/mol. The van der Waals surface area contributed by atoms with Crippen LogP contribution in [0.15, 0.2) is 0 Å². The molecular formula is C6H12ClN3. The molecule has 1 heterocycles. The van der Waals surface area contributed by atoms with Crippen molar-refractivity contribution in [1.29, 1.82) is 0 Å². The number of nitrogen functional groups attached to an aromatic ring is 1. The lowest BCUT2D eigenvalue weighted by Crippen LogP contribution is -1.93. The van der Waals surface area contributed by atoms with E-state index in [1.54, 1.807) is 4.68 Å². The van der Waals surface area contributed by atoms with Crippen LogP contribution in [0.1, 0.15) is 11.4 Å². The Morgan fingerprint density at radius 3 is 2.00 bits per heavy atom. The first-order valence-electron chi connectivity index (χ1n) is 2.88. The molecule has 0 spiro atoms. The Bertz CT molecular complexity index is 207. The highest BCUT2D eigenvalue weighted by molar-refractivity contribution is 5.85. The van der Waals surface area contributed by atoms with Gasteiger partial charge < -0.3 is 5.73 Å². The normalized spacial score (nSPS) is 9.10. The van der Waals surface area contributed by atoms with E-state index in [2.05, 4.69) is 5.10 Å². The summed E-state index contributed by atoms with van der Waals surface area (Å²) in [5.41, 5.74) is 8.37. The van der Waals surface area contributed by atoms with Crippen LogP contribution in [-0.4, -0.2) is 9.78 Å². The van der Waals surface area contributed by atoms with Gasteiger partial charge in [-0.15, -0.1) is 12.4 Å². The Hall–Kier alpha value is -0.700. The fraction of sp³-hybridized carbons (Fsp3) is 0.500. The van der Waals surface area contributed by atoms with Crippen molar-refractivity contribution in [3.8, 4) is 0 Å². The Morgan fingerprint density at radius 2 is 1.90 bits per heavy atom. The highest BCUT2D eigenvalue weighted by Gasteiger charge is 2.02. The Balaban J connectivity index is 0.000000810. The molecule has 0 aliphatic carbocycles. The summed E-state index contributed by atoms with van der Waals surface area (Å²) < 4.78 is 1.78. The summed E-state index contributed by atoms with van der Waals surface area (Å²) in [6, 6.07) is 0. The van der Waals surface area contributed by atoms with Gasteiger partial charge in [-0.2, -0.15) is 5.10 Å². The van der Waals surface area contributed by atoms with Crippen LogP contribution in [0.4, 0.5) is 5.69 Å². The maximum Gasteiger partial charge on any atom is 0.0825 e. The fourth-order valence-corrected chi connectivity index (χ4v) is 0.790. The van der Waals surface area contributed by atoms with Gasteiger partial charge in [0.25, 0.3) is 0 Å². The summed E-state index contributed by atoms with van der Waals surface area (Å²) in [4.78, 5) is 0. The molecule has 0 radical (unpaired) electrons. The number of halogens is 1. The SMILES string of the molecule is Cc1nn(C)c(C)c1N.Cl. The number of rotatable bonds is 0. The third-order valence-electron chi connectivity index (χ3n) is 1.56. The molecule has 10 heavy (non-hydrogen) atoms. The third-order valence-corrected chi connectivity index (χ3v) is 1.56. The Morgan fingerprint density at radius 1 is 1.40 bits per heavy atom. The number of aryl methyl sites for hydroxylation is 2. The Kier molecular flexibility index (Phi) is 2.72. The summed E-state index contributed by atoms with van der Waals surface area (Å²) in [6.07, 6.45) is 0. The van der Waals surface area contributed by atoms with Crippen molar-refractivity contribution in [3.63, 3.8) is 0 Å². The van der Waals surface area contributed by atoms with Gasteiger partial charge in [-0.25, -0.2) is 0 Å². The summed E-state index contributed by atoms with van der Waals surface area (Å²) in [7, 11) is 1.89. The second kappa shape index (κ2) is 2.92. The van der Waals surface area contributed by atoms with Crippen LogP contribution < -0.4 is 5.73 Å². The first-order chi connectivity index (χ1) is 4.13. The van der Waals surface area contributed by atoms with E-state index >= 15 is 0 Å². The first kappa shape index (κ1) is 9.30. The average molecular weight is 162 g/mol. The molecule has 3 nitrogen and oxygen atoms in total. The van der Waals surface area contributed by atoms with Crippen molar-refractivity contribution in [2.75, 3.05) is 5.73 Å². The Labute approximate surface area is 66.6 Å². The summed E-state index contributed by atoms with van der Waals surface area (Å²) >= 11 is 0. The minimum absolute atomic E-state index is 0. The average Bonchev–Trinajstić information content (AvgIpc) is 1.98. The van der Waals surface area contributed by atoms with Crippen molar-refractivity contribution in [2.45, 2.75) is 13.8 Å². The van der Waals surface area contributed by atoms with E-state index in [-0.39, 0.29) is 12.4 Å². The third kappa shape index (κ3) is 1.24. The highest BCUT2D eigenvalue weighted by Crippen LogP contribution is 2.12. The van der Waals surface area contributed by atoms with E-state index in [9.17, 15) is 0 Å². The van der Waals surface area contributed by atoms with Crippen LogP contribution in [-0.2, 0) is 7.05 Å². The lowest BCUT2D eigenvalue weighted by molar-refractivity contribution is 0.731. The number of nitrogens with zero attached hydrogens (tertiary/aromatic N) is 2. The van der Waals surface area contributed by atoms with Crippen molar-refractivity contribution in [2.24, 2.45) is 7.05 Å². The van der Waals surface area contributed by atoms with Crippen LogP contribution in [0.2, 0.25) is 0 Å². The smallest absolute Gasteiger partial charge is 0.0825 e. The van der Waals surface area contributed by atoms with Gasteiger partial charge in [0.15, 0.2) is 0 Å². The molecule has 0 unspecified atom stereocenters. The second-order valence-electron chi connectivity index (χ2n) is 2.21. The molecule has 4 heteroatoms. The van der Waals surface area contributed by atoms with Gasteiger partial charge in [0, 0.05) is 7.05 Å². The number of anilines is 1. The standard InChI is InChI=1S/C6H11N3.ClH/c1-4-6(7)5(2)9(3)8-4;/h7H2,1-3H3;1H. The predicted octanol–water partition coefficient (Wildman–Crippen LogP) is 1.04. The van der Waals surface area contributed by atoms with Crippen LogP contribution in [0, 0.1) is 13.8 Å². The van der Waals surface area contributed by atoms with Gasteiger partial charge in [-0.3, -0.25) is 4.68 Å². The van der Waals surface area contributed by atoms with E-state index in [4.69, 9.17) is 5.73 Å². The molecule has 1 aromatic rings. The summed E-state index contributed by atoms with van der Waals surface area (Å²) in [5, 5.41) is 4.10. The first-order valence-corrected chi connectivity index (χ1v) is 2.88. The highest BCUT2D eigenvalue weighted by atomic mass is 35.5. The molecule has 0 bridgehead atoms. The number of hydrogen-bond acceptors (Lipinski definition) is 2. The fourth-order valence-electron chi connectivity index (χ4n) is 0.790. The van der Waals surface area contributed by atoms with Crippen LogP contribution >= 0.6 is 12.4 Å². The molecule has 58 valence electrons. The zero-order valence-corrected chi connectivity index (χ0v) is 7.20. The minimum atomic E-state index is 0. The molecule has 1 aromatic heterocycles. The molecule has 1 rings (SSSR count). The largest absolute Gasteiger partial charge is 0.396 e. The van der Waals surface area contributed by atoms with Crippen molar-refractivity contribution < 1.29 is 0 Å². The molecule has 2 N–H and O–H groups in total. The number of aromatic nitrogens is 2. The topological polar surface area (TPSA) is 43.8 Å². The molecular weight excluding hydrogens is 150 g/mol. The van der Waals surface area contributed by atoms with Crippen LogP contribution in [0.3, 0.4) is 0 Å². The van der Waals surface area contributed by atoms with Gasteiger partial charge >= 0.3 is 0 Å². The lowest BCUT2D eigenvalue weighted by atomic mass is 10.3. The molecule has 0 saturated heterocycles. The van der Waals surface area contributed by atoms with E-state index < -0.39 is 0 Å². The van der Waals surface area contributed by atoms with Gasteiger partial charge in [0.2, 0.25) is 0 Å². The van der Waals surface area contributed by atoms with Crippen molar-refractivity contribution in [1.82, 2.24) is 9.78 Å². The molecule has 0 amide bonds. The van der Waals surface area contributed by atoms with Crippen LogP contribution in [0.25, 0.3) is 0 Å². The van der Waals surface area contributed by atoms with E-state index in [0.717, 1.165) is 17.1 Å². The maximum atomic E-state index is 5.62. The van der Waals surface area contributed by atoms with Crippen LogP contribution in [0.5, 0.6) is 0 Å². The minimum Gasteiger partial charge on any atom is -0.396 e. The van der Waals surface area contributed by atoms with E-state index in [0.29, 0.717) is 0 Å². The van der Waals surface area contributed by atoms with E-state index in [1.807, 2.05) is 20.9 Å². The molecule has 0 saturated carbocycles. The number of nitrogens with two attached hydrogens (primary N) is 1. The van der Waals surface area contributed by atoms with Gasteiger partial charge in [0.05, 0.1) is 17.1 Å². The van der Waals surface area contributed by atoms with E-state index in [1.165, 1.54) is 0 Å². The quantitative estimate of drug-likeness (QED) is 0.618. The zero-order chi connectivity index (χ0) is 7.02. The molecule has 0 atom stereocenters. The zero-order valence-electron chi connectivity index (χ0n) is 6.38. The van der Waals surface area contributed by atoms with Gasteiger partial charge in [-0.05, 0) is 13.8 Å². The molecule has 0 aromatic carbocycles. The predicted molar refractivity (Wildman–Crippen MR) is 44.3 cm³/mol. The molecule has 0 aliphatic heterocycles. The lowest BCUT2D eigenvalue weighted by Gasteiger charge is -1.90. The molecule has 0 fully saturated rings. The van der Waals surface area contributed by atoms with Crippen molar-refractivity contribution in [3.05, 3.63) is 11.4 Å². The molecule has 0 aliphatic rings. The summed E-state index contributed by atoms with van der Waals surface area (Å²) in [6.45, 7) is 3.86. The van der Waals surface area contributed by atoms with Gasteiger partial charge in [0.1, 0.15) is 0 Å². The number of hydrogen-bond donors (Lipinski definition) is 1.